The fourth-order valence-electron chi connectivity index (χ4n) is 3.05. The van der Waals surface area contributed by atoms with Gasteiger partial charge in [0, 0.05) is 32.2 Å². The second-order valence-corrected chi connectivity index (χ2v) is 6.71. The molecule has 1 amide bonds. The van der Waals surface area contributed by atoms with Crippen molar-refractivity contribution in [1.29, 1.82) is 0 Å². The van der Waals surface area contributed by atoms with Crippen LogP contribution in [0.1, 0.15) is 37.8 Å². The smallest absolute Gasteiger partial charge is 0.307 e. The standard InChI is InChI=1S/C18H26N2O3/c1-12(2)8-15(18(22)23)11-19-10-13-4-6-16-14(9-13)5-7-17(21)20(16)3/h4,6,9,12,15,19H,5,7-8,10-11H2,1-3H3,(H,22,23). The normalized spacial score (nSPS) is 15.7. The van der Waals surface area contributed by atoms with Gasteiger partial charge in [0.15, 0.2) is 0 Å². The maximum atomic E-state index is 11.7. The molecule has 1 heterocycles. The highest BCUT2D eigenvalue weighted by Gasteiger charge is 2.21. The SMILES string of the molecule is CC(C)CC(CNCc1ccc2c(c1)CCC(=O)N2C)C(=O)O. The molecule has 1 aliphatic rings. The lowest BCUT2D eigenvalue weighted by Crippen LogP contribution is -2.31. The number of nitrogens with zero attached hydrogens (tertiary/aromatic N) is 1. The van der Waals surface area contributed by atoms with Crippen LogP contribution in [0, 0.1) is 11.8 Å². The van der Waals surface area contributed by atoms with Crippen molar-refractivity contribution in [3.63, 3.8) is 0 Å². The van der Waals surface area contributed by atoms with Crippen molar-refractivity contribution in [2.45, 2.75) is 39.7 Å². The van der Waals surface area contributed by atoms with Crippen LogP contribution in [-0.4, -0.2) is 30.6 Å². The van der Waals surface area contributed by atoms with E-state index in [4.69, 9.17) is 0 Å². The fourth-order valence-corrected chi connectivity index (χ4v) is 3.05. The molecule has 126 valence electrons. The molecular weight excluding hydrogens is 292 g/mol. The topological polar surface area (TPSA) is 69.6 Å². The Morgan fingerprint density at radius 1 is 1.35 bits per heavy atom. The predicted octanol–water partition coefficient (Wildman–Crippen LogP) is 2.43. The zero-order valence-electron chi connectivity index (χ0n) is 14.1. The number of rotatable bonds is 7. The first kappa shape index (κ1) is 17.5. The van der Waals surface area contributed by atoms with Gasteiger partial charge in [-0.2, -0.15) is 0 Å². The van der Waals surface area contributed by atoms with E-state index in [0.717, 1.165) is 17.7 Å². The van der Waals surface area contributed by atoms with E-state index in [-0.39, 0.29) is 11.8 Å². The lowest BCUT2D eigenvalue weighted by atomic mass is 9.97. The Morgan fingerprint density at radius 3 is 2.74 bits per heavy atom. The Balaban J connectivity index is 1.94. The molecule has 0 aliphatic carbocycles. The van der Waals surface area contributed by atoms with E-state index in [1.54, 1.807) is 4.90 Å². The fraction of sp³-hybridized carbons (Fsp3) is 0.556. The van der Waals surface area contributed by atoms with Gasteiger partial charge in [0.05, 0.1) is 5.92 Å². The molecule has 1 atom stereocenters. The summed E-state index contributed by atoms with van der Waals surface area (Å²) >= 11 is 0. The molecular formula is C18H26N2O3. The number of carboxylic acids is 1. The number of carbonyl (C=O) groups is 2. The maximum absolute atomic E-state index is 11.7. The summed E-state index contributed by atoms with van der Waals surface area (Å²) in [5.41, 5.74) is 3.29. The summed E-state index contributed by atoms with van der Waals surface area (Å²) < 4.78 is 0. The third-order valence-electron chi connectivity index (χ3n) is 4.31. The Bertz CT molecular complexity index is 584. The number of carboxylic acid groups (broad SMARTS) is 1. The monoisotopic (exact) mass is 318 g/mol. The van der Waals surface area contributed by atoms with Crippen LogP contribution in [0.25, 0.3) is 0 Å². The van der Waals surface area contributed by atoms with Gasteiger partial charge in [-0.1, -0.05) is 26.0 Å². The minimum absolute atomic E-state index is 0.154. The number of anilines is 1. The second kappa shape index (κ2) is 7.59. The number of amides is 1. The highest BCUT2D eigenvalue weighted by Crippen LogP contribution is 2.27. The van der Waals surface area contributed by atoms with Crippen molar-refractivity contribution in [2.24, 2.45) is 11.8 Å². The number of aliphatic carboxylic acids is 1. The van der Waals surface area contributed by atoms with Crippen LogP contribution in [0.2, 0.25) is 0 Å². The Hall–Kier alpha value is -1.88. The summed E-state index contributed by atoms with van der Waals surface area (Å²) in [6, 6.07) is 6.09. The zero-order chi connectivity index (χ0) is 17.0. The van der Waals surface area contributed by atoms with Gasteiger partial charge in [-0.25, -0.2) is 0 Å². The third kappa shape index (κ3) is 4.55. The number of nitrogens with one attached hydrogen (secondary N) is 1. The molecule has 1 aromatic rings. The van der Waals surface area contributed by atoms with Gasteiger partial charge in [-0.3, -0.25) is 9.59 Å². The number of aryl methyl sites for hydroxylation is 1. The maximum Gasteiger partial charge on any atom is 0.307 e. The van der Waals surface area contributed by atoms with Crippen LogP contribution < -0.4 is 10.2 Å². The van der Waals surface area contributed by atoms with Gasteiger partial charge in [0.2, 0.25) is 5.91 Å². The number of hydrogen-bond acceptors (Lipinski definition) is 3. The molecule has 0 fully saturated rings. The van der Waals surface area contributed by atoms with Gasteiger partial charge < -0.3 is 15.3 Å². The molecule has 0 radical (unpaired) electrons. The Morgan fingerprint density at radius 2 is 2.09 bits per heavy atom. The van der Waals surface area contributed by atoms with Crippen LogP contribution in [0.3, 0.4) is 0 Å². The minimum Gasteiger partial charge on any atom is -0.481 e. The number of carbonyl (C=O) groups excluding carboxylic acids is 1. The molecule has 0 saturated carbocycles. The quantitative estimate of drug-likeness (QED) is 0.810. The number of fused-ring (bicyclic) bond motifs is 1. The number of benzene rings is 1. The number of hydrogen-bond donors (Lipinski definition) is 2. The first-order valence-corrected chi connectivity index (χ1v) is 8.20. The molecule has 0 aromatic heterocycles. The van der Waals surface area contributed by atoms with Crippen LogP contribution in [0.15, 0.2) is 18.2 Å². The van der Waals surface area contributed by atoms with Crippen molar-refractivity contribution in [1.82, 2.24) is 5.32 Å². The first-order valence-electron chi connectivity index (χ1n) is 8.20. The van der Waals surface area contributed by atoms with E-state index in [1.165, 1.54) is 5.56 Å². The molecule has 23 heavy (non-hydrogen) atoms. The summed E-state index contributed by atoms with van der Waals surface area (Å²) in [5, 5.41) is 12.5. The van der Waals surface area contributed by atoms with E-state index in [9.17, 15) is 14.7 Å². The molecule has 2 N–H and O–H groups in total. The van der Waals surface area contributed by atoms with Crippen molar-refractivity contribution in [3.05, 3.63) is 29.3 Å². The highest BCUT2D eigenvalue weighted by molar-refractivity contribution is 5.95. The van der Waals surface area contributed by atoms with Gasteiger partial charge in [-0.15, -0.1) is 0 Å². The summed E-state index contributed by atoms with van der Waals surface area (Å²) in [4.78, 5) is 24.7. The van der Waals surface area contributed by atoms with Gasteiger partial charge in [0.25, 0.3) is 0 Å². The second-order valence-electron chi connectivity index (χ2n) is 6.71. The molecule has 5 heteroatoms. The average Bonchev–Trinajstić information content (AvgIpc) is 2.49. The molecule has 0 spiro atoms. The summed E-state index contributed by atoms with van der Waals surface area (Å²) in [7, 11) is 1.81. The molecule has 0 bridgehead atoms. The Labute approximate surface area is 137 Å². The van der Waals surface area contributed by atoms with Crippen molar-refractivity contribution in [3.8, 4) is 0 Å². The van der Waals surface area contributed by atoms with Crippen molar-refractivity contribution in [2.75, 3.05) is 18.5 Å². The van der Waals surface area contributed by atoms with Crippen molar-refractivity contribution >= 4 is 17.6 Å². The lowest BCUT2D eigenvalue weighted by molar-refractivity contribution is -0.142. The van der Waals surface area contributed by atoms with E-state index in [1.807, 2.05) is 33.0 Å². The minimum atomic E-state index is -0.739. The van der Waals surface area contributed by atoms with E-state index in [0.29, 0.717) is 31.8 Å². The van der Waals surface area contributed by atoms with Crippen molar-refractivity contribution < 1.29 is 14.7 Å². The predicted molar refractivity (Wildman–Crippen MR) is 90.5 cm³/mol. The van der Waals surface area contributed by atoms with Crippen LogP contribution in [0.5, 0.6) is 0 Å². The van der Waals surface area contributed by atoms with E-state index >= 15 is 0 Å². The summed E-state index contributed by atoms with van der Waals surface area (Å²) in [5.74, 6) is -0.566. The zero-order valence-corrected chi connectivity index (χ0v) is 14.1. The molecule has 1 unspecified atom stereocenters. The van der Waals surface area contributed by atoms with Crippen LogP contribution in [0.4, 0.5) is 5.69 Å². The van der Waals surface area contributed by atoms with Gasteiger partial charge >= 0.3 is 5.97 Å². The summed E-state index contributed by atoms with van der Waals surface area (Å²) in [6.07, 6.45) is 2.01. The average molecular weight is 318 g/mol. The lowest BCUT2D eigenvalue weighted by Gasteiger charge is -2.26. The molecule has 0 saturated heterocycles. The van der Waals surface area contributed by atoms with Crippen LogP contribution in [-0.2, 0) is 22.6 Å². The molecule has 1 aliphatic heterocycles. The Kier molecular flexibility index (Phi) is 5.77. The molecule has 5 nitrogen and oxygen atoms in total. The molecule has 1 aromatic carbocycles. The van der Waals surface area contributed by atoms with Gasteiger partial charge in [-0.05, 0) is 36.0 Å². The molecule has 2 rings (SSSR count). The van der Waals surface area contributed by atoms with Gasteiger partial charge in [0.1, 0.15) is 0 Å². The summed E-state index contributed by atoms with van der Waals surface area (Å²) in [6.45, 7) is 5.20. The van der Waals surface area contributed by atoms with E-state index in [2.05, 4.69) is 11.4 Å². The highest BCUT2D eigenvalue weighted by atomic mass is 16.4. The van der Waals surface area contributed by atoms with E-state index < -0.39 is 5.97 Å². The van der Waals surface area contributed by atoms with Crippen LogP contribution >= 0.6 is 0 Å². The third-order valence-corrected chi connectivity index (χ3v) is 4.31. The largest absolute Gasteiger partial charge is 0.481 e. The first-order chi connectivity index (χ1) is 10.9.